The Bertz CT molecular complexity index is 308. The van der Waals surface area contributed by atoms with Crippen LogP contribution >= 0.6 is 28.6 Å². The molecular weight excluding hydrogens is 220 g/mol. The number of hydrogen-bond donors (Lipinski definition) is 0. The molecule has 6 heteroatoms. The molecular formula is C6H7Cl2NO2P+. The maximum atomic E-state index is 10.8. The maximum absolute atomic E-state index is 10.8. The van der Waals surface area contributed by atoms with Gasteiger partial charge in [0.15, 0.2) is 0 Å². The van der Waals surface area contributed by atoms with Crippen molar-refractivity contribution in [1.29, 1.82) is 0 Å². The van der Waals surface area contributed by atoms with Gasteiger partial charge in [-0.15, -0.1) is 0 Å². The van der Waals surface area contributed by atoms with E-state index in [1.54, 1.807) is 24.5 Å². The zero-order valence-corrected chi connectivity index (χ0v) is 8.68. The fourth-order valence-electron chi connectivity index (χ4n) is 0.652. The SMILES string of the molecule is Cc1cc[n+](OP(=O)(Cl)Cl)cc1. The van der Waals surface area contributed by atoms with Gasteiger partial charge in [-0.3, -0.25) is 0 Å². The Kier molecular flexibility index (Phi) is 2.99. The van der Waals surface area contributed by atoms with Crippen LogP contribution in [0.1, 0.15) is 5.56 Å². The smallest absolute Gasteiger partial charge is 0.235 e. The Morgan fingerprint density at radius 1 is 1.42 bits per heavy atom. The molecule has 0 saturated heterocycles. The first-order valence-electron chi connectivity index (χ1n) is 3.15. The summed E-state index contributed by atoms with van der Waals surface area (Å²) in [5.41, 5.74) is 1.06. The summed E-state index contributed by atoms with van der Waals surface area (Å²) >= 11 is 10.4. The number of halogens is 2. The van der Waals surface area contributed by atoms with Crippen LogP contribution in [-0.4, -0.2) is 0 Å². The Morgan fingerprint density at radius 3 is 2.33 bits per heavy atom. The van der Waals surface area contributed by atoms with Gasteiger partial charge in [0.05, 0.1) is 0 Å². The van der Waals surface area contributed by atoms with Gasteiger partial charge in [0.25, 0.3) is 0 Å². The van der Waals surface area contributed by atoms with E-state index < -0.39 is 6.07 Å². The fourth-order valence-corrected chi connectivity index (χ4v) is 1.41. The van der Waals surface area contributed by atoms with E-state index >= 15 is 0 Å². The monoisotopic (exact) mass is 226 g/mol. The molecule has 1 heterocycles. The molecule has 0 saturated carbocycles. The molecule has 0 aliphatic rings. The van der Waals surface area contributed by atoms with Crippen LogP contribution in [0.25, 0.3) is 0 Å². The molecule has 0 spiro atoms. The van der Waals surface area contributed by atoms with E-state index in [-0.39, 0.29) is 0 Å². The molecule has 0 fully saturated rings. The van der Waals surface area contributed by atoms with Gasteiger partial charge in [0.1, 0.15) is 0 Å². The minimum Gasteiger partial charge on any atom is -0.235 e. The third kappa shape index (κ3) is 3.44. The molecule has 0 aliphatic carbocycles. The van der Waals surface area contributed by atoms with Crippen molar-refractivity contribution >= 4 is 28.6 Å². The molecule has 0 amide bonds. The van der Waals surface area contributed by atoms with Crippen molar-refractivity contribution in [2.75, 3.05) is 0 Å². The van der Waals surface area contributed by atoms with Crippen LogP contribution < -0.4 is 9.35 Å². The van der Waals surface area contributed by atoms with Crippen LogP contribution in [0.3, 0.4) is 0 Å². The summed E-state index contributed by atoms with van der Waals surface area (Å²) in [6.07, 6.45) is -0.343. The summed E-state index contributed by atoms with van der Waals surface area (Å²) in [4.78, 5) is 0. The molecule has 12 heavy (non-hydrogen) atoms. The second-order valence-electron chi connectivity index (χ2n) is 2.23. The van der Waals surface area contributed by atoms with E-state index in [1.165, 1.54) is 4.73 Å². The van der Waals surface area contributed by atoms with Crippen LogP contribution in [0.4, 0.5) is 0 Å². The first kappa shape index (κ1) is 9.85. The third-order valence-corrected chi connectivity index (χ3v) is 1.91. The largest absolute Gasteiger partial charge is 0.491 e. The number of aryl methyl sites for hydroxylation is 1. The lowest BCUT2D eigenvalue weighted by Gasteiger charge is -1.96. The lowest BCUT2D eigenvalue weighted by Crippen LogP contribution is -2.38. The van der Waals surface area contributed by atoms with Gasteiger partial charge in [-0.25, -0.2) is 4.57 Å². The number of rotatable bonds is 2. The first-order valence-corrected chi connectivity index (χ1v) is 6.58. The molecule has 66 valence electrons. The highest BCUT2D eigenvalue weighted by molar-refractivity contribution is 8.05. The molecule has 0 radical (unpaired) electrons. The fraction of sp³-hybridized carbons (Fsp3) is 0.167. The highest BCUT2D eigenvalue weighted by Gasteiger charge is 2.22. The van der Waals surface area contributed by atoms with E-state index in [9.17, 15) is 4.57 Å². The van der Waals surface area contributed by atoms with E-state index in [1.807, 2.05) is 6.92 Å². The van der Waals surface area contributed by atoms with Crippen LogP contribution in [0, 0.1) is 6.92 Å². The predicted molar refractivity (Wildman–Crippen MR) is 47.3 cm³/mol. The molecule has 1 rings (SSSR count). The molecule has 1 aromatic heterocycles. The van der Waals surface area contributed by atoms with Crippen molar-refractivity contribution in [1.82, 2.24) is 0 Å². The van der Waals surface area contributed by atoms with Crippen LogP contribution in [-0.2, 0) is 4.57 Å². The summed E-state index contributed by atoms with van der Waals surface area (Å²) in [6.45, 7) is 1.92. The Hall–Kier alpha value is -0.240. The summed E-state index contributed by atoms with van der Waals surface area (Å²) < 4.78 is 16.6. The molecule has 0 bridgehead atoms. The standard InChI is InChI=1S/C6H7Cl2NO2P/c1-6-2-4-9(5-3-6)11-12(7,8)10/h2-5H,1H3/q+1. The molecule has 0 atom stereocenters. The van der Waals surface area contributed by atoms with Gasteiger partial charge in [0.2, 0.25) is 12.4 Å². The van der Waals surface area contributed by atoms with Gasteiger partial charge in [-0.2, -0.15) is 4.62 Å². The minimum atomic E-state index is -3.50. The van der Waals surface area contributed by atoms with E-state index in [0.717, 1.165) is 5.56 Å². The van der Waals surface area contributed by atoms with Gasteiger partial charge in [0, 0.05) is 39.3 Å². The second kappa shape index (κ2) is 3.65. The second-order valence-corrected chi connectivity index (χ2v) is 6.41. The van der Waals surface area contributed by atoms with Gasteiger partial charge < -0.3 is 0 Å². The van der Waals surface area contributed by atoms with Crippen molar-refractivity contribution < 1.29 is 13.9 Å². The first-order chi connectivity index (χ1) is 5.47. The Morgan fingerprint density at radius 2 is 1.92 bits per heavy atom. The van der Waals surface area contributed by atoms with E-state index in [4.69, 9.17) is 22.5 Å². The normalized spacial score (nSPS) is 11.2. The van der Waals surface area contributed by atoms with Crippen LogP contribution in [0.2, 0.25) is 0 Å². The average molecular weight is 227 g/mol. The number of nitrogens with zero attached hydrogens (tertiary/aromatic N) is 1. The number of pyridine rings is 1. The molecule has 3 nitrogen and oxygen atoms in total. The summed E-state index contributed by atoms with van der Waals surface area (Å²) in [5, 5.41) is 0. The van der Waals surface area contributed by atoms with Crippen molar-refractivity contribution in [2.45, 2.75) is 6.92 Å². The predicted octanol–water partition coefficient (Wildman–Crippen LogP) is 2.30. The van der Waals surface area contributed by atoms with Crippen molar-refractivity contribution in [3.8, 4) is 0 Å². The summed E-state index contributed by atoms with van der Waals surface area (Å²) in [7, 11) is 0. The summed E-state index contributed by atoms with van der Waals surface area (Å²) in [6, 6.07) is 3.56. The Balaban J connectivity index is 2.78. The van der Waals surface area contributed by atoms with E-state index in [0.29, 0.717) is 0 Å². The number of hydrogen-bond acceptors (Lipinski definition) is 2. The zero-order chi connectivity index (χ0) is 9.19. The molecule has 0 N–H and O–H groups in total. The van der Waals surface area contributed by atoms with Gasteiger partial charge in [-0.05, 0) is 12.5 Å². The minimum absolute atomic E-state index is 1.06. The topological polar surface area (TPSA) is 30.2 Å². The average Bonchev–Trinajstić information content (AvgIpc) is 1.91. The highest BCUT2D eigenvalue weighted by atomic mass is 35.9. The highest BCUT2D eigenvalue weighted by Crippen LogP contribution is 2.53. The lowest BCUT2D eigenvalue weighted by molar-refractivity contribution is -0.857. The van der Waals surface area contributed by atoms with Gasteiger partial charge in [-0.1, -0.05) is 0 Å². The van der Waals surface area contributed by atoms with Gasteiger partial charge >= 0.3 is 6.07 Å². The van der Waals surface area contributed by atoms with Crippen molar-refractivity contribution in [3.63, 3.8) is 0 Å². The van der Waals surface area contributed by atoms with E-state index in [2.05, 4.69) is 4.62 Å². The van der Waals surface area contributed by atoms with Crippen LogP contribution in [0.15, 0.2) is 24.5 Å². The van der Waals surface area contributed by atoms with Crippen molar-refractivity contribution in [2.24, 2.45) is 0 Å². The van der Waals surface area contributed by atoms with Crippen molar-refractivity contribution in [3.05, 3.63) is 30.1 Å². The molecule has 0 unspecified atom stereocenters. The number of aromatic nitrogens is 1. The van der Waals surface area contributed by atoms with Crippen LogP contribution in [0.5, 0.6) is 0 Å². The molecule has 1 aromatic rings. The zero-order valence-electron chi connectivity index (χ0n) is 6.28. The molecule has 0 aliphatic heterocycles. The Labute approximate surface area is 79.9 Å². The third-order valence-electron chi connectivity index (χ3n) is 1.16. The maximum Gasteiger partial charge on any atom is 0.491 e. The lowest BCUT2D eigenvalue weighted by atomic mass is 10.3. The summed E-state index contributed by atoms with van der Waals surface area (Å²) in [5.74, 6) is 0. The quantitative estimate of drug-likeness (QED) is 0.573. The molecule has 0 aromatic carbocycles.